The Hall–Kier alpha value is -1.51. The van der Waals surface area contributed by atoms with Crippen LogP contribution in [0.3, 0.4) is 0 Å². The number of aliphatic hydroxyl groups is 1. The van der Waals surface area contributed by atoms with E-state index >= 15 is 0 Å². The summed E-state index contributed by atoms with van der Waals surface area (Å²) in [6, 6.07) is 5.56. The number of pyridine rings is 1. The maximum absolute atomic E-state index is 12.2. The molecule has 2 aliphatic heterocycles. The summed E-state index contributed by atoms with van der Waals surface area (Å²) in [5.41, 5.74) is 1.10. The zero-order valence-corrected chi connectivity index (χ0v) is 15.8. The fraction of sp³-hybridized carbons (Fsp3) is 0.444. The van der Waals surface area contributed by atoms with Crippen molar-refractivity contribution in [2.24, 2.45) is 0 Å². The number of amides is 1. The average molecular weight is 393 g/mol. The summed E-state index contributed by atoms with van der Waals surface area (Å²) in [4.78, 5) is 19.1. The quantitative estimate of drug-likeness (QED) is 0.729. The second-order valence-corrected chi connectivity index (χ2v) is 8.35. The molecular formula is C18H21ClN4O2S. The van der Waals surface area contributed by atoms with Crippen molar-refractivity contribution in [3.63, 3.8) is 0 Å². The summed E-state index contributed by atoms with van der Waals surface area (Å²) in [6.45, 7) is 2.41. The monoisotopic (exact) mass is 392 g/mol. The van der Waals surface area contributed by atoms with Crippen molar-refractivity contribution in [3.05, 3.63) is 46.1 Å². The molecule has 2 aromatic heterocycles. The molecule has 0 aliphatic carbocycles. The van der Waals surface area contributed by atoms with E-state index in [-0.39, 0.29) is 11.9 Å². The normalized spacial score (nSPS) is 22.2. The zero-order chi connectivity index (χ0) is 18.1. The lowest BCUT2D eigenvalue weighted by Crippen LogP contribution is -2.46. The molecule has 2 fully saturated rings. The van der Waals surface area contributed by atoms with Gasteiger partial charge in [-0.3, -0.25) is 14.7 Å². The standard InChI is InChI=1S/C18H21ClN4O2S/c19-13-6-11(7-20-8-13)12-9-23(10-12)18(25)15-3-4-16(26-15)22-17(24)14-2-1-5-21-14/h3-4,6-8,12,14,18,21,25H,1-2,5,9-10H2,(H,22,24). The first-order chi connectivity index (χ1) is 12.6. The molecule has 0 aromatic carbocycles. The number of hydrogen-bond donors (Lipinski definition) is 3. The maximum atomic E-state index is 12.2. The Kier molecular flexibility index (Phi) is 5.24. The number of hydrogen-bond acceptors (Lipinski definition) is 6. The van der Waals surface area contributed by atoms with E-state index in [4.69, 9.17) is 11.6 Å². The van der Waals surface area contributed by atoms with Gasteiger partial charge in [-0.05, 0) is 43.1 Å². The minimum absolute atomic E-state index is 0.00265. The minimum Gasteiger partial charge on any atom is -0.373 e. The molecule has 8 heteroatoms. The molecule has 4 rings (SSSR count). The number of rotatable bonds is 5. The van der Waals surface area contributed by atoms with E-state index in [1.165, 1.54) is 11.3 Å². The van der Waals surface area contributed by atoms with Crippen molar-refractivity contribution in [1.82, 2.24) is 15.2 Å². The first-order valence-electron chi connectivity index (χ1n) is 8.76. The fourth-order valence-corrected chi connectivity index (χ4v) is 4.54. The van der Waals surface area contributed by atoms with Crippen molar-refractivity contribution in [2.75, 3.05) is 25.0 Å². The summed E-state index contributed by atoms with van der Waals surface area (Å²) >= 11 is 7.41. The molecule has 2 unspecified atom stereocenters. The van der Waals surface area contributed by atoms with Gasteiger partial charge in [0, 0.05) is 31.4 Å². The van der Waals surface area contributed by atoms with Crippen LogP contribution in [-0.2, 0) is 4.79 Å². The number of anilines is 1. The van der Waals surface area contributed by atoms with Crippen LogP contribution in [0, 0.1) is 0 Å². The Bertz CT molecular complexity index is 787. The van der Waals surface area contributed by atoms with Crippen LogP contribution in [0.5, 0.6) is 0 Å². The molecule has 2 aromatic rings. The number of nitrogens with one attached hydrogen (secondary N) is 2. The average Bonchev–Trinajstić information content (AvgIpc) is 3.25. The van der Waals surface area contributed by atoms with Crippen LogP contribution in [0.4, 0.5) is 5.00 Å². The van der Waals surface area contributed by atoms with E-state index in [9.17, 15) is 9.90 Å². The Morgan fingerprint density at radius 1 is 1.42 bits per heavy atom. The number of halogens is 1. The van der Waals surface area contributed by atoms with E-state index < -0.39 is 6.23 Å². The predicted molar refractivity (Wildman–Crippen MR) is 102 cm³/mol. The van der Waals surface area contributed by atoms with Crippen molar-refractivity contribution in [2.45, 2.75) is 31.0 Å². The molecule has 26 heavy (non-hydrogen) atoms. The van der Waals surface area contributed by atoms with Crippen molar-refractivity contribution in [1.29, 1.82) is 0 Å². The molecular weight excluding hydrogens is 372 g/mol. The van der Waals surface area contributed by atoms with Crippen LogP contribution in [0.1, 0.15) is 35.4 Å². The van der Waals surface area contributed by atoms with Crippen LogP contribution >= 0.6 is 22.9 Å². The highest BCUT2D eigenvalue weighted by molar-refractivity contribution is 7.16. The fourth-order valence-electron chi connectivity index (χ4n) is 3.43. The Morgan fingerprint density at radius 2 is 2.27 bits per heavy atom. The molecule has 138 valence electrons. The maximum Gasteiger partial charge on any atom is 0.242 e. The molecule has 2 saturated heterocycles. The van der Waals surface area contributed by atoms with Gasteiger partial charge in [-0.15, -0.1) is 11.3 Å². The lowest BCUT2D eigenvalue weighted by Gasteiger charge is -2.42. The highest BCUT2D eigenvalue weighted by Gasteiger charge is 2.34. The number of likely N-dealkylation sites (tertiary alicyclic amines) is 1. The molecule has 4 heterocycles. The Balaban J connectivity index is 1.32. The van der Waals surface area contributed by atoms with Gasteiger partial charge in [-0.1, -0.05) is 11.6 Å². The second-order valence-electron chi connectivity index (χ2n) is 6.80. The lowest BCUT2D eigenvalue weighted by atomic mass is 9.92. The van der Waals surface area contributed by atoms with Crippen LogP contribution in [0.25, 0.3) is 0 Å². The Labute approximate surface area is 161 Å². The lowest BCUT2D eigenvalue weighted by molar-refractivity contribution is -0.117. The van der Waals surface area contributed by atoms with E-state index in [1.807, 2.05) is 29.3 Å². The number of nitrogens with zero attached hydrogens (tertiary/aromatic N) is 2. The van der Waals surface area contributed by atoms with E-state index in [1.54, 1.807) is 6.20 Å². The van der Waals surface area contributed by atoms with Gasteiger partial charge in [0.2, 0.25) is 5.91 Å². The van der Waals surface area contributed by atoms with Crippen molar-refractivity contribution >= 4 is 33.8 Å². The summed E-state index contributed by atoms with van der Waals surface area (Å²) in [7, 11) is 0. The number of thiophene rings is 1. The summed E-state index contributed by atoms with van der Waals surface area (Å²) in [5.74, 6) is 0.339. The minimum atomic E-state index is -0.654. The molecule has 1 amide bonds. The van der Waals surface area contributed by atoms with E-state index in [0.29, 0.717) is 10.9 Å². The third kappa shape index (κ3) is 3.77. The van der Waals surface area contributed by atoms with Gasteiger partial charge in [0.1, 0.15) is 6.23 Å². The van der Waals surface area contributed by atoms with Crippen molar-refractivity contribution in [3.8, 4) is 0 Å². The highest BCUT2D eigenvalue weighted by Crippen LogP contribution is 2.36. The summed E-state index contributed by atoms with van der Waals surface area (Å²) in [5, 5.41) is 18.1. The summed E-state index contributed by atoms with van der Waals surface area (Å²) < 4.78 is 0. The molecule has 3 N–H and O–H groups in total. The molecule has 0 bridgehead atoms. The molecule has 0 radical (unpaired) electrons. The van der Waals surface area contributed by atoms with Gasteiger partial charge in [0.15, 0.2) is 0 Å². The smallest absolute Gasteiger partial charge is 0.242 e. The van der Waals surface area contributed by atoms with E-state index in [0.717, 1.165) is 47.9 Å². The van der Waals surface area contributed by atoms with Gasteiger partial charge in [-0.25, -0.2) is 0 Å². The van der Waals surface area contributed by atoms with Gasteiger partial charge in [0.05, 0.1) is 20.9 Å². The van der Waals surface area contributed by atoms with Gasteiger partial charge < -0.3 is 15.7 Å². The number of aromatic nitrogens is 1. The number of aliphatic hydroxyl groups excluding tert-OH is 1. The molecule has 0 spiro atoms. The molecule has 6 nitrogen and oxygen atoms in total. The Morgan fingerprint density at radius 3 is 3.00 bits per heavy atom. The third-order valence-corrected chi connectivity index (χ3v) is 6.20. The number of carbonyl (C=O) groups is 1. The summed E-state index contributed by atoms with van der Waals surface area (Å²) in [6.07, 6.45) is 4.71. The van der Waals surface area contributed by atoms with Crippen LogP contribution in [-0.4, -0.2) is 46.6 Å². The number of carbonyl (C=O) groups excluding carboxylic acids is 1. The van der Waals surface area contributed by atoms with Gasteiger partial charge in [-0.2, -0.15) is 0 Å². The van der Waals surface area contributed by atoms with E-state index in [2.05, 4.69) is 15.6 Å². The van der Waals surface area contributed by atoms with Gasteiger partial charge in [0.25, 0.3) is 0 Å². The predicted octanol–water partition coefficient (Wildman–Crippen LogP) is 2.58. The third-order valence-electron chi connectivity index (χ3n) is 4.96. The van der Waals surface area contributed by atoms with Crippen molar-refractivity contribution < 1.29 is 9.90 Å². The van der Waals surface area contributed by atoms with Crippen LogP contribution in [0.2, 0.25) is 5.02 Å². The van der Waals surface area contributed by atoms with Crippen LogP contribution < -0.4 is 10.6 Å². The molecule has 2 atom stereocenters. The van der Waals surface area contributed by atoms with Gasteiger partial charge >= 0.3 is 0 Å². The topological polar surface area (TPSA) is 77.5 Å². The highest BCUT2D eigenvalue weighted by atomic mass is 35.5. The molecule has 0 saturated carbocycles. The second kappa shape index (κ2) is 7.62. The SMILES string of the molecule is O=C(Nc1ccc(C(O)N2CC(c3cncc(Cl)c3)C2)s1)C1CCCN1. The largest absolute Gasteiger partial charge is 0.373 e. The first kappa shape index (κ1) is 17.9. The first-order valence-corrected chi connectivity index (χ1v) is 9.96. The zero-order valence-electron chi connectivity index (χ0n) is 14.2. The van der Waals surface area contributed by atoms with Crippen LogP contribution in [0.15, 0.2) is 30.6 Å². The molecule has 2 aliphatic rings.